The molecule has 0 aromatic carbocycles. The molecule has 3 N–H and O–H groups in total. The summed E-state index contributed by atoms with van der Waals surface area (Å²) in [5.74, 6) is 0.00771. The van der Waals surface area contributed by atoms with E-state index >= 15 is 0 Å². The number of alkyl carbamates (subject to hydrolysis) is 1. The van der Waals surface area contributed by atoms with Gasteiger partial charge in [-0.1, -0.05) is 0 Å². The van der Waals surface area contributed by atoms with Gasteiger partial charge in [0.15, 0.2) is 5.84 Å². The molecule has 0 spiro atoms. The van der Waals surface area contributed by atoms with Crippen LogP contribution < -0.4 is 10.1 Å². The Labute approximate surface area is 116 Å². The van der Waals surface area contributed by atoms with Crippen molar-refractivity contribution in [2.45, 2.75) is 26.4 Å². The van der Waals surface area contributed by atoms with E-state index in [1.807, 2.05) is 0 Å². The molecule has 110 valence electrons. The molecule has 0 atom stereocenters. The number of amidine groups is 1. The number of ether oxygens (including phenoxy) is 2. The van der Waals surface area contributed by atoms with E-state index in [0.29, 0.717) is 0 Å². The van der Waals surface area contributed by atoms with Crippen LogP contribution in [-0.4, -0.2) is 46.0 Å². The minimum atomic E-state index is -0.732. The van der Waals surface area contributed by atoms with Gasteiger partial charge in [-0.15, -0.1) is 10.2 Å². The summed E-state index contributed by atoms with van der Waals surface area (Å²) < 4.78 is 10.0. The first-order valence-electron chi connectivity index (χ1n) is 5.98. The van der Waals surface area contributed by atoms with E-state index < -0.39 is 11.7 Å². The second-order valence-electron chi connectivity index (χ2n) is 4.83. The van der Waals surface area contributed by atoms with Gasteiger partial charge in [-0.05, 0) is 26.8 Å². The topological polar surface area (TPSA) is 117 Å². The molecule has 1 aromatic rings. The average Bonchev–Trinajstić information content (AvgIpc) is 2.34. The molecule has 0 bridgehead atoms. The molecule has 0 saturated carbocycles. The van der Waals surface area contributed by atoms with Crippen molar-refractivity contribution < 1.29 is 19.4 Å². The van der Waals surface area contributed by atoms with Gasteiger partial charge in [0.2, 0.25) is 5.88 Å². The molecule has 0 aliphatic heterocycles. The molecule has 0 radical (unpaired) electrons. The fraction of sp³-hybridized carbons (Fsp3) is 0.500. The standard InChI is InChI=1S/C12H18N4O4/c1-12(2,3)20-11(18)14-10(13)8-4-5-9(16-15-8)19-7-6-17/h4-5,17H,6-7H2,1-3H3,(H2,13,14,18). The van der Waals surface area contributed by atoms with Crippen LogP contribution in [0, 0.1) is 5.41 Å². The number of nitrogens with one attached hydrogen (secondary N) is 2. The van der Waals surface area contributed by atoms with E-state index in [0.717, 1.165) is 0 Å². The summed E-state index contributed by atoms with van der Waals surface area (Å²) in [4.78, 5) is 11.5. The van der Waals surface area contributed by atoms with Gasteiger partial charge < -0.3 is 14.6 Å². The van der Waals surface area contributed by atoms with Crippen LogP contribution in [0.25, 0.3) is 0 Å². The van der Waals surface area contributed by atoms with E-state index in [2.05, 4.69) is 15.5 Å². The Hall–Kier alpha value is -2.22. The lowest BCUT2D eigenvalue weighted by atomic mass is 10.2. The molecule has 8 nitrogen and oxygen atoms in total. The minimum absolute atomic E-state index is 0.113. The summed E-state index contributed by atoms with van der Waals surface area (Å²) in [5.41, 5.74) is -0.467. The number of aliphatic hydroxyl groups is 1. The highest BCUT2D eigenvalue weighted by Crippen LogP contribution is 2.07. The fourth-order valence-corrected chi connectivity index (χ4v) is 1.15. The normalized spacial score (nSPS) is 10.8. The molecule has 1 rings (SSSR count). The van der Waals surface area contributed by atoms with Crippen molar-refractivity contribution in [1.82, 2.24) is 15.5 Å². The zero-order valence-electron chi connectivity index (χ0n) is 11.6. The number of aromatic nitrogens is 2. The van der Waals surface area contributed by atoms with Crippen LogP contribution in [-0.2, 0) is 4.74 Å². The molecule has 1 aromatic heterocycles. The quantitative estimate of drug-likeness (QED) is 0.552. The SMILES string of the molecule is CC(C)(C)OC(=O)NC(=N)c1ccc(OCCO)nn1. The van der Waals surface area contributed by atoms with Crippen molar-refractivity contribution in [1.29, 1.82) is 5.41 Å². The molecule has 0 aliphatic rings. The monoisotopic (exact) mass is 282 g/mol. The second-order valence-corrected chi connectivity index (χ2v) is 4.83. The summed E-state index contributed by atoms with van der Waals surface area (Å²) in [7, 11) is 0. The predicted octanol–water partition coefficient (Wildman–Crippen LogP) is 0.698. The number of nitrogens with zero attached hydrogens (tertiary/aromatic N) is 2. The molecule has 0 fully saturated rings. The summed E-state index contributed by atoms with van der Waals surface area (Å²) in [6.07, 6.45) is -0.732. The molecular weight excluding hydrogens is 264 g/mol. The van der Waals surface area contributed by atoms with Gasteiger partial charge in [-0.3, -0.25) is 10.7 Å². The molecule has 1 heterocycles. The van der Waals surface area contributed by atoms with Crippen LogP contribution in [0.15, 0.2) is 12.1 Å². The van der Waals surface area contributed by atoms with E-state index in [1.165, 1.54) is 12.1 Å². The summed E-state index contributed by atoms with van der Waals surface area (Å²) in [5, 5.41) is 26.0. The smallest absolute Gasteiger partial charge is 0.413 e. The largest absolute Gasteiger partial charge is 0.474 e. The molecule has 8 heteroatoms. The first kappa shape index (κ1) is 15.8. The lowest BCUT2D eigenvalue weighted by Crippen LogP contribution is -2.36. The van der Waals surface area contributed by atoms with Crippen LogP contribution in [0.2, 0.25) is 0 Å². The third kappa shape index (κ3) is 5.61. The van der Waals surface area contributed by atoms with Crippen molar-refractivity contribution in [2.75, 3.05) is 13.2 Å². The molecule has 20 heavy (non-hydrogen) atoms. The Balaban J connectivity index is 2.57. The van der Waals surface area contributed by atoms with Gasteiger partial charge in [0, 0.05) is 6.07 Å². The van der Waals surface area contributed by atoms with Crippen LogP contribution in [0.3, 0.4) is 0 Å². The Morgan fingerprint density at radius 2 is 2.10 bits per heavy atom. The van der Waals surface area contributed by atoms with Crippen molar-refractivity contribution in [3.05, 3.63) is 17.8 Å². The zero-order chi connectivity index (χ0) is 15.2. The Morgan fingerprint density at radius 1 is 1.40 bits per heavy atom. The molecule has 1 amide bonds. The van der Waals surface area contributed by atoms with Gasteiger partial charge in [-0.25, -0.2) is 4.79 Å². The molecule has 0 aliphatic carbocycles. The number of carbonyl (C=O) groups is 1. The van der Waals surface area contributed by atoms with Crippen molar-refractivity contribution in [3.8, 4) is 5.88 Å². The number of hydrogen-bond donors (Lipinski definition) is 3. The first-order chi connectivity index (χ1) is 9.31. The van der Waals surface area contributed by atoms with Gasteiger partial charge in [0.1, 0.15) is 17.9 Å². The fourth-order valence-electron chi connectivity index (χ4n) is 1.15. The van der Waals surface area contributed by atoms with Gasteiger partial charge in [0.05, 0.1) is 6.61 Å². The Kier molecular flexibility index (Phi) is 5.39. The highest BCUT2D eigenvalue weighted by atomic mass is 16.6. The number of hydrogen-bond acceptors (Lipinski definition) is 7. The van der Waals surface area contributed by atoms with E-state index in [-0.39, 0.29) is 30.6 Å². The molecule has 0 saturated heterocycles. The maximum Gasteiger partial charge on any atom is 0.413 e. The van der Waals surface area contributed by atoms with Crippen LogP contribution in [0.4, 0.5) is 4.79 Å². The van der Waals surface area contributed by atoms with Crippen LogP contribution in [0.1, 0.15) is 26.5 Å². The third-order valence-corrected chi connectivity index (χ3v) is 1.86. The summed E-state index contributed by atoms with van der Waals surface area (Å²) in [6, 6.07) is 2.96. The highest BCUT2D eigenvalue weighted by molar-refractivity contribution is 6.03. The Bertz CT molecular complexity index is 467. The van der Waals surface area contributed by atoms with E-state index in [4.69, 9.17) is 20.0 Å². The third-order valence-electron chi connectivity index (χ3n) is 1.86. The van der Waals surface area contributed by atoms with Crippen molar-refractivity contribution in [2.24, 2.45) is 0 Å². The maximum absolute atomic E-state index is 11.5. The number of carbonyl (C=O) groups excluding carboxylic acids is 1. The molecular formula is C12H18N4O4. The summed E-state index contributed by atoms with van der Waals surface area (Å²) >= 11 is 0. The van der Waals surface area contributed by atoms with Gasteiger partial charge in [0.25, 0.3) is 0 Å². The predicted molar refractivity (Wildman–Crippen MR) is 70.8 cm³/mol. The van der Waals surface area contributed by atoms with E-state index in [9.17, 15) is 4.79 Å². The lowest BCUT2D eigenvalue weighted by molar-refractivity contribution is 0.0563. The summed E-state index contributed by atoms with van der Waals surface area (Å²) in [6.45, 7) is 5.16. The van der Waals surface area contributed by atoms with Crippen molar-refractivity contribution in [3.63, 3.8) is 0 Å². The average molecular weight is 282 g/mol. The highest BCUT2D eigenvalue weighted by Gasteiger charge is 2.18. The minimum Gasteiger partial charge on any atom is -0.474 e. The second kappa shape index (κ2) is 6.80. The number of aliphatic hydroxyl groups excluding tert-OH is 1. The Morgan fingerprint density at radius 3 is 2.60 bits per heavy atom. The van der Waals surface area contributed by atoms with Gasteiger partial charge in [-0.2, -0.15) is 0 Å². The van der Waals surface area contributed by atoms with E-state index in [1.54, 1.807) is 20.8 Å². The molecule has 0 unspecified atom stereocenters. The number of amides is 1. The van der Waals surface area contributed by atoms with Gasteiger partial charge >= 0.3 is 6.09 Å². The number of rotatable bonds is 4. The van der Waals surface area contributed by atoms with Crippen molar-refractivity contribution >= 4 is 11.9 Å². The van der Waals surface area contributed by atoms with Crippen LogP contribution in [0.5, 0.6) is 5.88 Å². The maximum atomic E-state index is 11.5. The lowest BCUT2D eigenvalue weighted by Gasteiger charge is -2.19. The van der Waals surface area contributed by atoms with Crippen LogP contribution >= 0.6 is 0 Å². The zero-order valence-corrected chi connectivity index (χ0v) is 11.6. The first-order valence-corrected chi connectivity index (χ1v) is 5.98.